The topological polar surface area (TPSA) is 125 Å². The lowest BCUT2D eigenvalue weighted by Crippen LogP contribution is -2.21. The van der Waals surface area contributed by atoms with Gasteiger partial charge in [-0.3, -0.25) is 14.4 Å². The van der Waals surface area contributed by atoms with Crippen LogP contribution in [0.15, 0.2) is 10.9 Å². The number of H-pyrrole nitrogens is 1. The number of aromatic nitrogens is 1. The van der Waals surface area contributed by atoms with Crippen molar-refractivity contribution < 1.29 is 24.6 Å². The molecule has 1 aromatic heterocycles. The van der Waals surface area contributed by atoms with Gasteiger partial charge in [-0.1, -0.05) is 0 Å². The van der Waals surface area contributed by atoms with Crippen LogP contribution in [0.4, 0.5) is 0 Å². The lowest BCUT2D eigenvalue weighted by atomic mass is 10.0. The highest BCUT2D eigenvalue weighted by Gasteiger charge is 2.21. The van der Waals surface area contributed by atoms with Crippen LogP contribution in [-0.4, -0.2) is 32.9 Å². The third-order valence-electron chi connectivity index (χ3n) is 2.03. The molecule has 3 N–H and O–H groups in total. The zero-order chi connectivity index (χ0) is 13.2. The van der Waals surface area contributed by atoms with E-state index in [4.69, 9.17) is 10.2 Å². The standard InChI is InChI=1S/C10H9NO6/c1-4(12)9-8(10(16)17)5(3-7(14)15)2-6(13)11-9/h2H,3H2,1H3,(H,11,13)(H,14,15)(H,16,17). The Kier molecular flexibility index (Phi) is 3.42. The second-order valence-corrected chi connectivity index (χ2v) is 3.34. The third-order valence-corrected chi connectivity index (χ3v) is 2.03. The van der Waals surface area contributed by atoms with Crippen LogP contribution in [0.2, 0.25) is 0 Å². The van der Waals surface area contributed by atoms with Gasteiger partial charge in [0.05, 0.1) is 17.7 Å². The van der Waals surface area contributed by atoms with E-state index in [0.717, 1.165) is 13.0 Å². The van der Waals surface area contributed by atoms with Crippen LogP contribution in [-0.2, 0) is 11.2 Å². The number of hydrogen-bond donors (Lipinski definition) is 3. The molecule has 0 saturated carbocycles. The van der Waals surface area contributed by atoms with Crippen molar-refractivity contribution >= 4 is 17.7 Å². The first-order valence-corrected chi connectivity index (χ1v) is 4.55. The number of carboxylic acid groups (broad SMARTS) is 2. The molecule has 7 nitrogen and oxygen atoms in total. The van der Waals surface area contributed by atoms with E-state index >= 15 is 0 Å². The lowest BCUT2D eigenvalue weighted by Gasteiger charge is -2.07. The van der Waals surface area contributed by atoms with Crippen LogP contribution in [0.25, 0.3) is 0 Å². The summed E-state index contributed by atoms with van der Waals surface area (Å²) in [5, 5.41) is 17.5. The Hall–Kier alpha value is -2.44. The maximum absolute atomic E-state index is 11.2. The zero-order valence-corrected chi connectivity index (χ0v) is 8.81. The SMILES string of the molecule is CC(=O)c1[nH]c(=O)cc(CC(=O)O)c1C(=O)O. The predicted octanol–water partition coefficient (Wildman–Crippen LogP) is -0.0972. The lowest BCUT2D eigenvalue weighted by molar-refractivity contribution is -0.136. The van der Waals surface area contributed by atoms with Gasteiger partial charge < -0.3 is 15.2 Å². The summed E-state index contributed by atoms with van der Waals surface area (Å²) in [5.41, 5.74) is -1.77. The molecule has 90 valence electrons. The van der Waals surface area contributed by atoms with Gasteiger partial charge in [0.15, 0.2) is 5.78 Å². The summed E-state index contributed by atoms with van der Waals surface area (Å²) >= 11 is 0. The van der Waals surface area contributed by atoms with Crippen molar-refractivity contribution in [1.82, 2.24) is 4.98 Å². The van der Waals surface area contributed by atoms with Crippen molar-refractivity contribution in [2.24, 2.45) is 0 Å². The summed E-state index contributed by atoms with van der Waals surface area (Å²) in [6.07, 6.45) is -0.633. The molecule has 17 heavy (non-hydrogen) atoms. The number of nitrogens with one attached hydrogen (secondary N) is 1. The normalized spacial score (nSPS) is 9.94. The molecule has 0 unspecified atom stereocenters. The molecule has 0 fully saturated rings. The summed E-state index contributed by atoms with van der Waals surface area (Å²) in [5.74, 6) is -3.39. The van der Waals surface area contributed by atoms with Gasteiger partial charge in [-0.15, -0.1) is 0 Å². The number of aliphatic carboxylic acids is 1. The molecule has 0 aliphatic heterocycles. The summed E-state index contributed by atoms with van der Waals surface area (Å²) in [6, 6.07) is 0.865. The van der Waals surface area contributed by atoms with E-state index in [0.29, 0.717) is 0 Å². The minimum Gasteiger partial charge on any atom is -0.481 e. The van der Waals surface area contributed by atoms with Crippen molar-refractivity contribution in [1.29, 1.82) is 0 Å². The molecule has 1 rings (SSSR count). The van der Waals surface area contributed by atoms with Crippen molar-refractivity contribution in [3.05, 3.63) is 33.2 Å². The van der Waals surface area contributed by atoms with E-state index in [1.54, 1.807) is 0 Å². The Bertz CT molecular complexity index is 556. The molecule has 0 bridgehead atoms. The molecule has 0 aromatic carbocycles. The maximum Gasteiger partial charge on any atom is 0.338 e. The quantitative estimate of drug-likeness (QED) is 0.630. The molecule has 0 aliphatic carbocycles. The number of aromatic amines is 1. The number of pyridine rings is 1. The molecule has 1 aromatic rings. The van der Waals surface area contributed by atoms with Crippen molar-refractivity contribution in [3.8, 4) is 0 Å². The average Bonchev–Trinajstić information content (AvgIpc) is 2.14. The van der Waals surface area contributed by atoms with Crippen LogP contribution < -0.4 is 5.56 Å². The van der Waals surface area contributed by atoms with Crippen molar-refractivity contribution in [2.75, 3.05) is 0 Å². The number of aromatic carboxylic acids is 1. The second kappa shape index (κ2) is 4.60. The fraction of sp³-hybridized carbons (Fsp3) is 0.200. The average molecular weight is 239 g/mol. The van der Waals surface area contributed by atoms with Gasteiger partial charge >= 0.3 is 11.9 Å². The number of ketones is 1. The molecule has 0 spiro atoms. The first-order chi connectivity index (χ1) is 7.82. The zero-order valence-electron chi connectivity index (χ0n) is 8.81. The number of hydrogen-bond acceptors (Lipinski definition) is 4. The molecule has 1 heterocycles. The van der Waals surface area contributed by atoms with Crippen LogP contribution in [0, 0.1) is 0 Å². The van der Waals surface area contributed by atoms with Crippen molar-refractivity contribution in [2.45, 2.75) is 13.3 Å². The summed E-state index contributed by atoms with van der Waals surface area (Å²) in [7, 11) is 0. The summed E-state index contributed by atoms with van der Waals surface area (Å²) in [6.45, 7) is 1.09. The first kappa shape index (κ1) is 12.6. The number of carbonyl (C=O) groups excluding carboxylic acids is 1. The molecular formula is C10H9NO6. The molecule has 0 saturated heterocycles. The Morgan fingerprint density at radius 1 is 1.29 bits per heavy atom. The van der Waals surface area contributed by atoms with Gasteiger partial charge in [-0.2, -0.15) is 0 Å². The molecule has 7 heteroatoms. The highest BCUT2D eigenvalue weighted by Crippen LogP contribution is 2.12. The van der Waals surface area contributed by atoms with Gasteiger partial charge in [0.1, 0.15) is 0 Å². The third kappa shape index (κ3) is 2.77. The highest BCUT2D eigenvalue weighted by molar-refractivity contribution is 6.04. The van der Waals surface area contributed by atoms with E-state index in [9.17, 15) is 19.2 Å². The van der Waals surface area contributed by atoms with Crippen LogP contribution in [0.5, 0.6) is 0 Å². The number of carbonyl (C=O) groups is 3. The summed E-state index contributed by atoms with van der Waals surface area (Å²) < 4.78 is 0. The fourth-order valence-electron chi connectivity index (χ4n) is 1.42. The van der Waals surface area contributed by atoms with Crippen LogP contribution in [0.3, 0.4) is 0 Å². The van der Waals surface area contributed by atoms with E-state index < -0.39 is 35.3 Å². The van der Waals surface area contributed by atoms with Crippen molar-refractivity contribution in [3.63, 3.8) is 0 Å². The predicted molar refractivity (Wildman–Crippen MR) is 55.4 cm³/mol. The maximum atomic E-state index is 11.2. The molecule has 0 atom stereocenters. The highest BCUT2D eigenvalue weighted by atomic mass is 16.4. The van der Waals surface area contributed by atoms with E-state index in [1.807, 2.05) is 0 Å². The summed E-state index contributed by atoms with van der Waals surface area (Å²) in [4.78, 5) is 46.0. The second-order valence-electron chi connectivity index (χ2n) is 3.34. The fourth-order valence-corrected chi connectivity index (χ4v) is 1.42. The number of Topliss-reactive ketones (excluding diaryl/α,β-unsaturated/α-hetero) is 1. The van der Waals surface area contributed by atoms with E-state index in [2.05, 4.69) is 4.98 Å². The van der Waals surface area contributed by atoms with Gasteiger partial charge in [0.2, 0.25) is 5.56 Å². The van der Waals surface area contributed by atoms with E-state index in [1.165, 1.54) is 0 Å². The minimum absolute atomic E-state index is 0.195. The van der Waals surface area contributed by atoms with Gasteiger partial charge in [-0.05, 0) is 5.56 Å². The monoisotopic (exact) mass is 239 g/mol. The van der Waals surface area contributed by atoms with Crippen LogP contribution in [0.1, 0.15) is 33.3 Å². The van der Waals surface area contributed by atoms with Gasteiger partial charge in [0.25, 0.3) is 0 Å². The van der Waals surface area contributed by atoms with Crippen LogP contribution >= 0.6 is 0 Å². The van der Waals surface area contributed by atoms with E-state index in [-0.39, 0.29) is 11.3 Å². The molecule has 0 amide bonds. The first-order valence-electron chi connectivity index (χ1n) is 4.55. The number of rotatable bonds is 4. The Morgan fingerprint density at radius 3 is 2.29 bits per heavy atom. The van der Waals surface area contributed by atoms with Gasteiger partial charge in [0, 0.05) is 13.0 Å². The smallest absolute Gasteiger partial charge is 0.338 e. The molecular weight excluding hydrogens is 230 g/mol. The minimum atomic E-state index is -1.46. The Morgan fingerprint density at radius 2 is 1.88 bits per heavy atom. The Balaban J connectivity index is 3.57. The number of carboxylic acids is 2. The Labute approximate surface area is 94.7 Å². The van der Waals surface area contributed by atoms with Gasteiger partial charge in [-0.25, -0.2) is 4.79 Å². The molecule has 0 aliphatic rings. The molecule has 0 radical (unpaired) electrons. The largest absolute Gasteiger partial charge is 0.481 e.